The highest BCUT2D eigenvalue weighted by atomic mass is 16.3. The second kappa shape index (κ2) is 5.24. The zero-order chi connectivity index (χ0) is 12.4. The summed E-state index contributed by atoms with van der Waals surface area (Å²) in [6, 6.07) is 5.00. The molecule has 2 heterocycles. The van der Waals surface area contributed by atoms with E-state index in [9.17, 15) is 5.11 Å². The van der Waals surface area contributed by atoms with Crippen molar-refractivity contribution in [2.45, 2.75) is 44.4 Å². The van der Waals surface area contributed by atoms with Crippen molar-refractivity contribution in [1.82, 2.24) is 10.3 Å². The fourth-order valence-corrected chi connectivity index (χ4v) is 2.35. The van der Waals surface area contributed by atoms with Gasteiger partial charge in [0, 0.05) is 31.9 Å². The third-order valence-corrected chi connectivity index (χ3v) is 3.77. The highest BCUT2D eigenvalue weighted by Gasteiger charge is 2.20. The van der Waals surface area contributed by atoms with Gasteiger partial charge >= 0.3 is 0 Å². The van der Waals surface area contributed by atoms with Crippen LogP contribution in [0.25, 0.3) is 0 Å². The molecule has 0 amide bonds. The Balaban J connectivity index is 1.56. The van der Waals surface area contributed by atoms with E-state index in [1.165, 1.54) is 18.4 Å². The number of piperidine rings is 1. The van der Waals surface area contributed by atoms with Crippen LogP contribution in [-0.2, 0) is 6.54 Å². The van der Waals surface area contributed by atoms with Crippen molar-refractivity contribution >= 4 is 5.82 Å². The van der Waals surface area contributed by atoms with Gasteiger partial charge in [0.2, 0.25) is 0 Å². The standard InChI is InChI=1S/C14H21N3O/c18-13-5-7-17(8-6-13)14-4-1-11(10-16-14)9-15-12-2-3-12/h1,4,10,12-13,15,18H,2-3,5-9H2. The van der Waals surface area contributed by atoms with Crippen molar-refractivity contribution in [2.24, 2.45) is 0 Å². The van der Waals surface area contributed by atoms with Crippen LogP contribution in [0.5, 0.6) is 0 Å². The monoisotopic (exact) mass is 247 g/mol. The molecular formula is C14H21N3O. The topological polar surface area (TPSA) is 48.4 Å². The van der Waals surface area contributed by atoms with Crippen LogP contribution in [0.1, 0.15) is 31.2 Å². The molecule has 1 saturated carbocycles. The molecule has 1 aromatic heterocycles. The van der Waals surface area contributed by atoms with Crippen LogP contribution in [0.2, 0.25) is 0 Å². The van der Waals surface area contributed by atoms with Crippen molar-refractivity contribution in [3.8, 4) is 0 Å². The van der Waals surface area contributed by atoms with E-state index in [1.54, 1.807) is 0 Å². The summed E-state index contributed by atoms with van der Waals surface area (Å²) in [6.45, 7) is 2.75. The number of aromatic nitrogens is 1. The summed E-state index contributed by atoms with van der Waals surface area (Å²) in [5.41, 5.74) is 1.25. The number of aliphatic hydroxyl groups is 1. The molecule has 1 aromatic rings. The summed E-state index contributed by atoms with van der Waals surface area (Å²) in [5, 5.41) is 13.0. The molecule has 18 heavy (non-hydrogen) atoms. The smallest absolute Gasteiger partial charge is 0.128 e. The minimum absolute atomic E-state index is 0.122. The molecule has 0 bridgehead atoms. The number of nitrogens with one attached hydrogen (secondary N) is 1. The molecule has 4 heteroatoms. The molecule has 98 valence electrons. The minimum atomic E-state index is -0.122. The average Bonchev–Trinajstić information content (AvgIpc) is 3.22. The molecule has 2 aliphatic rings. The predicted molar refractivity (Wildman–Crippen MR) is 71.6 cm³/mol. The lowest BCUT2D eigenvalue weighted by molar-refractivity contribution is 0.145. The van der Waals surface area contributed by atoms with Crippen LogP contribution in [0.15, 0.2) is 18.3 Å². The SMILES string of the molecule is OC1CCN(c2ccc(CNC3CC3)cn2)CC1. The molecule has 1 aliphatic carbocycles. The molecule has 2 fully saturated rings. The summed E-state index contributed by atoms with van der Waals surface area (Å²) in [7, 11) is 0. The summed E-state index contributed by atoms with van der Waals surface area (Å²) >= 11 is 0. The van der Waals surface area contributed by atoms with E-state index < -0.39 is 0 Å². The van der Waals surface area contributed by atoms with Crippen molar-refractivity contribution in [3.05, 3.63) is 23.9 Å². The quantitative estimate of drug-likeness (QED) is 0.842. The first-order valence-corrected chi connectivity index (χ1v) is 6.92. The van der Waals surface area contributed by atoms with Gasteiger partial charge in [-0.25, -0.2) is 4.98 Å². The van der Waals surface area contributed by atoms with Gasteiger partial charge in [0.25, 0.3) is 0 Å². The zero-order valence-electron chi connectivity index (χ0n) is 10.7. The van der Waals surface area contributed by atoms with E-state index in [4.69, 9.17) is 0 Å². The second-order valence-electron chi connectivity index (χ2n) is 5.40. The maximum absolute atomic E-state index is 9.49. The van der Waals surface area contributed by atoms with Gasteiger partial charge in [-0.05, 0) is 37.3 Å². The van der Waals surface area contributed by atoms with Gasteiger partial charge in [0.15, 0.2) is 0 Å². The van der Waals surface area contributed by atoms with Gasteiger partial charge in [-0.1, -0.05) is 6.07 Å². The molecule has 0 radical (unpaired) electrons. The average molecular weight is 247 g/mol. The van der Waals surface area contributed by atoms with Crippen molar-refractivity contribution in [2.75, 3.05) is 18.0 Å². The number of aliphatic hydroxyl groups excluding tert-OH is 1. The minimum Gasteiger partial charge on any atom is -0.393 e. The number of hydrogen-bond donors (Lipinski definition) is 2. The van der Waals surface area contributed by atoms with E-state index in [0.29, 0.717) is 0 Å². The third-order valence-electron chi connectivity index (χ3n) is 3.77. The normalized spacial score (nSPS) is 21.3. The number of hydrogen-bond acceptors (Lipinski definition) is 4. The van der Waals surface area contributed by atoms with Gasteiger partial charge in [-0.2, -0.15) is 0 Å². The Hall–Kier alpha value is -1.13. The van der Waals surface area contributed by atoms with Crippen LogP contribution in [0.3, 0.4) is 0 Å². The van der Waals surface area contributed by atoms with Crippen LogP contribution in [-0.4, -0.2) is 35.3 Å². The molecule has 0 aromatic carbocycles. The lowest BCUT2D eigenvalue weighted by atomic mass is 10.1. The van der Waals surface area contributed by atoms with E-state index >= 15 is 0 Å². The zero-order valence-corrected chi connectivity index (χ0v) is 10.7. The van der Waals surface area contributed by atoms with E-state index in [-0.39, 0.29) is 6.10 Å². The van der Waals surface area contributed by atoms with Crippen LogP contribution in [0.4, 0.5) is 5.82 Å². The van der Waals surface area contributed by atoms with Crippen molar-refractivity contribution in [3.63, 3.8) is 0 Å². The number of anilines is 1. The Morgan fingerprint density at radius 2 is 2.00 bits per heavy atom. The summed E-state index contributed by atoms with van der Waals surface area (Å²) in [5.74, 6) is 1.04. The van der Waals surface area contributed by atoms with E-state index in [0.717, 1.165) is 44.3 Å². The fraction of sp³-hybridized carbons (Fsp3) is 0.643. The maximum Gasteiger partial charge on any atom is 0.128 e. The Kier molecular flexibility index (Phi) is 3.48. The van der Waals surface area contributed by atoms with E-state index in [1.807, 2.05) is 6.20 Å². The van der Waals surface area contributed by atoms with Crippen LogP contribution in [0, 0.1) is 0 Å². The summed E-state index contributed by atoms with van der Waals surface area (Å²) < 4.78 is 0. The number of pyridine rings is 1. The van der Waals surface area contributed by atoms with Gasteiger partial charge in [0.05, 0.1) is 6.10 Å². The van der Waals surface area contributed by atoms with Crippen molar-refractivity contribution < 1.29 is 5.11 Å². The molecule has 4 nitrogen and oxygen atoms in total. The highest BCUT2D eigenvalue weighted by Crippen LogP contribution is 2.20. The summed E-state index contributed by atoms with van der Waals surface area (Å²) in [6.07, 6.45) is 6.20. The van der Waals surface area contributed by atoms with Crippen LogP contribution < -0.4 is 10.2 Å². The largest absolute Gasteiger partial charge is 0.393 e. The molecule has 3 rings (SSSR count). The first kappa shape index (κ1) is 11.9. The fourth-order valence-electron chi connectivity index (χ4n) is 2.35. The number of nitrogens with zero attached hydrogens (tertiary/aromatic N) is 2. The van der Waals surface area contributed by atoms with Gasteiger partial charge < -0.3 is 15.3 Å². The van der Waals surface area contributed by atoms with Crippen LogP contribution >= 0.6 is 0 Å². The summed E-state index contributed by atoms with van der Waals surface area (Å²) in [4.78, 5) is 6.78. The first-order chi connectivity index (χ1) is 8.81. The van der Waals surface area contributed by atoms with Gasteiger partial charge in [-0.3, -0.25) is 0 Å². The molecule has 0 spiro atoms. The van der Waals surface area contributed by atoms with E-state index in [2.05, 4.69) is 27.3 Å². The first-order valence-electron chi connectivity index (χ1n) is 6.92. The molecule has 1 aliphatic heterocycles. The Morgan fingerprint density at radius 1 is 1.22 bits per heavy atom. The van der Waals surface area contributed by atoms with Crippen molar-refractivity contribution in [1.29, 1.82) is 0 Å². The number of rotatable bonds is 4. The molecule has 1 saturated heterocycles. The molecule has 0 unspecified atom stereocenters. The van der Waals surface area contributed by atoms with Gasteiger partial charge in [-0.15, -0.1) is 0 Å². The Morgan fingerprint density at radius 3 is 2.61 bits per heavy atom. The van der Waals surface area contributed by atoms with Gasteiger partial charge in [0.1, 0.15) is 5.82 Å². The third kappa shape index (κ3) is 3.00. The highest BCUT2D eigenvalue weighted by molar-refractivity contribution is 5.39. The maximum atomic E-state index is 9.49. The Bertz CT molecular complexity index is 381. The predicted octanol–water partition coefficient (Wildman–Crippen LogP) is 1.29. The lowest BCUT2D eigenvalue weighted by Crippen LogP contribution is -2.36. The molecule has 2 N–H and O–H groups in total. The second-order valence-corrected chi connectivity index (χ2v) is 5.40. The molecular weight excluding hydrogens is 226 g/mol. The molecule has 0 atom stereocenters. The lowest BCUT2D eigenvalue weighted by Gasteiger charge is -2.30. The Labute approximate surface area is 108 Å².